The summed E-state index contributed by atoms with van der Waals surface area (Å²) in [7, 11) is 0. The smallest absolute Gasteiger partial charge is 0.0774 e. The number of allylic oxidation sites excluding steroid dienone is 3. The summed E-state index contributed by atoms with van der Waals surface area (Å²) in [6.07, 6.45) is 7.46. The Hall–Kier alpha value is -2.20. The monoisotopic (exact) mass is 366 g/mol. The summed E-state index contributed by atoms with van der Waals surface area (Å²) in [5.74, 6) is 0. The molecule has 0 radical (unpaired) electrons. The molecule has 0 aromatic heterocycles. The molecule has 0 aliphatic carbocycles. The molecule has 0 heterocycles. The van der Waals surface area contributed by atoms with Crippen molar-refractivity contribution in [2.75, 3.05) is 0 Å². The zero-order chi connectivity index (χ0) is 19.9. The van der Waals surface area contributed by atoms with Crippen LogP contribution < -0.4 is 0 Å². The van der Waals surface area contributed by atoms with Crippen molar-refractivity contribution in [2.45, 2.75) is 52.4 Å². The first-order valence-electron chi connectivity index (χ1n) is 9.32. The lowest BCUT2D eigenvalue weighted by Crippen LogP contribution is -2.13. The van der Waals surface area contributed by atoms with E-state index in [1.807, 2.05) is 30.4 Å². The molecule has 0 saturated carbocycles. The maximum absolute atomic E-state index is 9.75. The minimum absolute atomic E-state index is 0.0499. The van der Waals surface area contributed by atoms with Crippen LogP contribution >= 0.6 is 0 Å². The van der Waals surface area contributed by atoms with Crippen molar-refractivity contribution in [2.24, 2.45) is 0 Å². The molecule has 0 fully saturated rings. The van der Waals surface area contributed by atoms with Crippen LogP contribution in [0.5, 0.6) is 0 Å². The highest BCUT2D eigenvalue weighted by Gasteiger charge is 2.06. The van der Waals surface area contributed by atoms with Gasteiger partial charge in [0.15, 0.2) is 0 Å². The molecule has 0 atom stereocenters. The van der Waals surface area contributed by atoms with E-state index in [4.69, 9.17) is 0 Å². The number of hydrogen-bond donors (Lipinski definition) is 3. The lowest BCUT2D eigenvalue weighted by molar-refractivity contribution is 0.133. The Bertz CT molecular complexity index is 811. The molecule has 0 aliphatic rings. The Morgan fingerprint density at radius 3 is 2.22 bits per heavy atom. The second-order valence-corrected chi connectivity index (χ2v) is 7.48. The van der Waals surface area contributed by atoms with E-state index in [1.54, 1.807) is 19.9 Å². The SMILES string of the molecule is CC(=CC=CC(C)(C)O)c1cccc(CCc2ccc(CO)c(CO)c2)c1. The van der Waals surface area contributed by atoms with Crippen LogP contribution in [-0.4, -0.2) is 20.9 Å². The van der Waals surface area contributed by atoms with Crippen LogP contribution in [0.4, 0.5) is 0 Å². The fraction of sp³-hybridized carbons (Fsp3) is 0.333. The molecule has 0 spiro atoms. The van der Waals surface area contributed by atoms with Crippen LogP contribution in [0, 0.1) is 0 Å². The van der Waals surface area contributed by atoms with Crippen molar-refractivity contribution >= 4 is 5.57 Å². The molecule has 3 heteroatoms. The van der Waals surface area contributed by atoms with Crippen molar-refractivity contribution in [1.29, 1.82) is 0 Å². The lowest BCUT2D eigenvalue weighted by atomic mass is 9.97. The molecule has 0 amide bonds. The van der Waals surface area contributed by atoms with Crippen LogP contribution in [0.25, 0.3) is 5.57 Å². The molecule has 144 valence electrons. The van der Waals surface area contributed by atoms with Gasteiger partial charge in [-0.25, -0.2) is 0 Å². The summed E-state index contributed by atoms with van der Waals surface area (Å²) < 4.78 is 0. The van der Waals surface area contributed by atoms with Crippen molar-refractivity contribution in [3.8, 4) is 0 Å². The van der Waals surface area contributed by atoms with Crippen LogP contribution in [-0.2, 0) is 26.1 Å². The molecule has 3 N–H and O–H groups in total. The largest absolute Gasteiger partial charge is 0.392 e. The molecule has 2 aromatic carbocycles. The molecular weight excluding hydrogens is 336 g/mol. The van der Waals surface area contributed by atoms with E-state index in [0.29, 0.717) is 0 Å². The van der Waals surface area contributed by atoms with Gasteiger partial charge in [-0.05, 0) is 67.0 Å². The van der Waals surface area contributed by atoms with Gasteiger partial charge in [-0.3, -0.25) is 0 Å². The van der Waals surface area contributed by atoms with Crippen molar-refractivity contribution in [1.82, 2.24) is 0 Å². The van der Waals surface area contributed by atoms with E-state index in [0.717, 1.165) is 35.1 Å². The normalized spacial score (nSPS) is 12.7. The highest BCUT2D eigenvalue weighted by molar-refractivity contribution is 5.65. The molecule has 0 unspecified atom stereocenters. The van der Waals surface area contributed by atoms with Gasteiger partial charge >= 0.3 is 0 Å². The first kappa shape index (κ1) is 21.1. The van der Waals surface area contributed by atoms with Gasteiger partial charge in [-0.2, -0.15) is 0 Å². The fourth-order valence-electron chi connectivity index (χ4n) is 2.92. The maximum atomic E-state index is 9.75. The van der Waals surface area contributed by atoms with Gasteiger partial charge in [-0.1, -0.05) is 60.7 Å². The number of aliphatic hydroxyl groups is 3. The molecule has 0 aliphatic heterocycles. The zero-order valence-corrected chi connectivity index (χ0v) is 16.4. The summed E-state index contributed by atoms with van der Waals surface area (Å²) in [6, 6.07) is 14.3. The third kappa shape index (κ3) is 6.79. The Balaban J connectivity index is 2.07. The summed E-state index contributed by atoms with van der Waals surface area (Å²) in [5.41, 5.74) is 5.49. The van der Waals surface area contributed by atoms with Crippen LogP contribution in [0.3, 0.4) is 0 Å². The summed E-state index contributed by atoms with van der Waals surface area (Å²) in [6.45, 7) is 5.47. The van der Waals surface area contributed by atoms with Gasteiger partial charge < -0.3 is 15.3 Å². The van der Waals surface area contributed by atoms with E-state index in [-0.39, 0.29) is 13.2 Å². The third-order valence-corrected chi connectivity index (χ3v) is 4.55. The van der Waals surface area contributed by atoms with Gasteiger partial charge in [0, 0.05) is 0 Å². The predicted octanol–water partition coefficient (Wildman–Crippen LogP) is 4.19. The summed E-state index contributed by atoms with van der Waals surface area (Å²) in [5, 5.41) is 28.5. The van der Waals surface area contributed by atoms with Crippen molar-refractivity contribution in [3.63, 3.8) is 0 Å². The topological polar surface area (TPSA) is 60.7 Å². The fourth-order valence-corrected chi connectivity index (χ4v) is 2.92. The van der Waals surface area contributed by atoms with E-state index in [1.165, 1.54) is 11.1 Å². The maximum Gasteiger partial charge on any atom is 0.0774 e. The van der Waals surface area contributed by atoms with Gasteiger partial charge in [0.2, 0.25) is 0 Å². The number of hydrogen-bond acceptors (Lipinski definition) is 3. The second kappa shape index (κ2) is 9.65. The van der Waals surface area contributed by atoms with Crippen molar-refractivity contribution in [3.05, 3.63) is 88.5 Å². The van der Waals surface area contributed by atoms with Crippen molar-refractivity contribution < 1.29 is 15.3 Å². The number of aliphatic hydroxyl groups excluding tert-OH is 2. The molecule has 2 rings (SSSR count). The van der Waals surface area contributed by atoms with E-state index in [9.17, 15) is 15.3 Å². The lowest BCUT2D eigenvalue weighted by Gasteiger charge is -2.10. The average Bonchev–Trinajstić information content (AvgIpc) is 2.65. The Labute approximate surface area is 162 Å². The van der Waals surface area contributed by atoms with E-state index in [2.05, 4.69) is 31.2 Å². The standard InChI is InChI=1S/C24H30O3/c1-18(6-5-13-24(2,3)27)21-8-4-7-19(14-21)9-10-20-11-12-22(16-25)23(15-20)17-26/h4-8,11-15,25-27H,9-10,16-17H2,1-3H3. The number of benzene rings is 2. The van der Waals surface area contributed by atoms with E-state index >= 15 is 0 Å². The van der Waals surface area contributed by atoms with Gasteiger partial charge in [0.1, 0.15) is 0 Å². The highest BCUT2D eigenvalue weighted by Crippen LogP contribution is 2.19. The molecule has 27 heavy (non-hydrogen) atoms. The Morgan fingerprint density at radius 2 is 1.59 bits per heavy atom. The minimum Gasteiger partial charge on any atom is -0.392 e. The van der Waals surface area contributed by atoms with Crippen LogP contribution in [0.1, 0.15) is 48.6 Å². The Morgan fingerprint density at radius 1 is 0.926 bits per heavy atom. The molecular formula is C24H30O3. The minimum atomic E-state index is -0.808. The summed E-state index contributed by atoms with van der Waals surface area (Å²) >= 11 is 0. The number of aryl methyl sites for hydroxylation is 2. The Kier molecular flexibility index (Phi) is 7.55. The van der Waals surface area contributed by atoms with Gasteiger partial charge in [0.05, 0.1) is 18.8 Å². The van der Waals surface area contributed by atoms with Crippen LogP contribution in [0.15, 0.2) is 60.7 Å². The predicted molar refractivity (Wildman–Crippen MR) is 111 cm³/mol. The average molecular weight is 367 g/mol. The van der Waals surface area contributed by atoms with E-state index < -0.39 is 5.60 Å². The molecule has 0 bridgehead atoms. The van der Waals surface area contributed by atoms with Gasteiger partial charge in [-0.15, -0.1) is 0 Å². The van der Waals surface area contributed by atoms with Gasteiger partial charge in [0.25, 0.3) is 0 Å². The quantitative estimate of drug-likeness (QED) is 0.614. The first-order valence-corrected chi connectivity index (χ1v) is 9.32. The molecule has 3 nitrogen and oxygen atoms in total. The highest BCUT2D eigenvalue weighted by atomic mass is 16.3. The third-order valence-electron chi connectivity index (χ3n) is 4.55. The number of rotatable bonds is 8. The first-order chi connectivity index (χ1) is 12.8. The van der Waals surface area contributed by atoms with Crippen LogP contribution in [0.2, 0.25) is 0 Å². The second-order valence-electron chi connectivity index (χ2n) is 7.48. The molecule has 2 aromatic rings. The zero-order valence-electron chi connectivity index (χ0n) is 16.4. The summed E-state index contributed by atoms with van der Waals surface area (Å²) in [4.78, 5) is 0. The molecule has 0 saturated heterocycles.